The first-order valence-electron chi connectivity index (χ1n) is 9.18. The van der Waals surface area contributed by atoms with Gasteiger partial charge in [0.2, 0.25) is 0 Å². The fourth-order valence-corrected chi connectivity index (χ4v) is 3.88. The number of hydrogen-bond donors (Lipinski definition) is 0. The average molecular weight is 487 g/mol. The quantitative estimate of drug-likeness (QED) is 0.201. The minimum Gasteiger partial charge on any atom is -0.166 e. The van der Waals surface area contributed by atoms with Gasteiger partial charge in [-0.05, 0) is 40.5 Å². The molecule has 33 heavy (non-hydrogen) atoms. The van der Waals surface area contributed by atoms with Crippen LogP contribution in [-0.2, 0) is 18.5 Å². The molecule has 0 nitrogen and oxygen atoms in total. The molecule has 3 aromatic carbocycles. The number of halogens is 9. The lowest BCUT2D eigenvalue weighted by Crippen LogP contribution is -2.14. The van der Waals surface area contributed by atoms with Gasteiger partial charge in [0.15, 0.2) is 0 Å². The predicted molar refractivity (Wildman–Crippen MR) is 106 cm³/mol. The standard InChI is InChI=1S/C23H12F9Si/c24-21(25,26)16-10-4-1-7-13(16)19(14-8-2-5-11-17(14)22(27,28)29)20(33)15-9-3-6-12-18(15)23(30,31)32/h1-12H. The van der Waals surface area contributed by atoms with Crippen LogP contribution in [0, 0.1) is 0 Å². The van der Waals surface area contributed by atoms with Gasteiger partial charge in [-0.15, -0.1) is 0 Å². The monoisotopic (exact) mass is 487 g/mol. The molecule has 0 saturated carbocycles. The first kappa shape index (κ1) is 24.6. The van der Waals surface area contributed by atoms with E-state index < -0.39 is 62.7 Å². The highest BCUT2D eigenvalue weighted by Gasteiger charge is 2.39. The van der Waals surface area contributed by atoms with Gasteiger partial charge >= 0.3 is 18.5 Å². The molecule has 0 spiro atoms. The van der Waals surface area contributed by atoms with Crippen LogP contribution in [0.25, 0.3) is 10.8 Å². The third-order valence-corrected chi connectivity index (χ3v) is 5.27. The van der Waals surface area contributed by atoms with Crippen molar-refractivity contribution in [2.75, 3.05) is 0 Å². The van der Waals surface area contributed by atoms with Crippen LogP contribution in [-0.4, -0.2) is 10.2 Å². The second-order valence-corrected chi connectivity index (χ2v) is 7.38. The minimum atomic E-state index is -4.98. The maximum absolute atomic E-state index is 13.8. The first-order valence-corrected chi connectivity index (χ1v) is 9.68. The summed E-state index contributed by atoms with van der Waals surface area (Å²) in [7, 11) is 2.98. The molecule has 0 aliphatic heterocycles. The van der Waals surface area contributed by atoms with E-state index >= 15 is 0 Å². The molecule has 0 bridgehead atoms. The van der Waals surface area contributed by atoms with Crippen LogP contribution in [0.1, 0.15) is 33.4 Å². The van der Waals surface area contributed by atoms with Crippen molar-refractivity contribution in [3.05, 3.63) is 106 Å². The predicted octanol–water partition coefficient (Wildman–Crippen LogP) is 7.83. The first-order chi connectivity index (χ1) is 15.2. The van der Waals surface area contributed by atoms with E-state index in [9.17, 15) is 39.5 Å². The zero-order valence-electron chi connectivity index (χ0n) is 16.3. The highest BCUT2D eigenvalue weighted by molar-refractivity contribution is 6.48. The van der Waals surface area contributed by atoms with Gasteiger partial charge in [-0.1, -0.05) is 59.8 Å². The molecule has 0 fully saturated rings. The third kappa shape index (κ3) is 5.16. The van der Waals surface area contributed by atoms with Gasteiger partial charge in [0.25, 0.3) is 0 Å². The van der Waals surface area contributed by atoms with Crippen LogP contribution in [0.3, 0.4) is 0 Å². The van der Waals surface area contributed by atoms with E-state index in [1.807, 2.05) is 0 Å². The van der Waals surface area contributed by atoms with E-state index in [0.717, 1.165) is 48.5 Å². The number of benzene rings is 3. The summed E-state index contributed by atoms with van der Waals surface area (Å²) in [5, 5.41) is -0.573. The fraction of sp³-hybridized carbons (Fsp3) is 0.130. The molecule has 10 heteroatoms. The van der Waals surface area contributed by atoms with Gasteiger partial charge in [0.1, 0.15) is 0 Å². The summed E-state index contributed by atoms with van der Waals surface area (Å²) >= 11 is 0. The summed E-state index contributed by atoms with van der Waals surface area (Å²) in [5.41, 5.74) is -6.50. The Bertz CT molecular complexity index is 1130. The van der Waals surface area contributed by atoms with Crippen molar-refractivity contribution in [1.29, 1.82) is 0 Å². The SMILES string of the molecule is FC(F)(F)c1ccccc1C([Si])=C(c1ccccc1C(F)(F)F)c1ccccc1C(F)(F)F. The summed E-state index contributed by atoms with van der Waals surface area (Å²) < 4.78 is 123. The van der Waals surface area contributed by atoms with Crippen molar-refractivity contribution in [1.82, 2.24) is 0 Å². The van der Waals surface area contributed by atoms with Crippen LogP contribution in [0.4, 0.5) is 39.5 Å². The van der Waals surface area contributed by atoms with Gasteiger partial charge < -0.3 is 0 Å². The second kappa shape index (κ2) is 8.73. The van der Waals surface area contributed by atoms with Gasteiger partial charge in [0, 0.05) is 0 Å². The summed E-state index contributed by atoms with van der Waals surface area (Å²) in [5.74, 6) is 0. The van der Waals surface area contributed by atoms with E-state index in [0.29, 0.717) is 18.2 Å². The Labute approximate surface area is 185 Å². The van der Waals surface area contributed by atoms with Gasteiger partial charge in [-0.25, -0.2) is 0 Å². The largest absolute Gasteiger partial charge is 0.417 e. The molecule has 0 heterocycles. The summed E-state index contributed by atoms with van der Waals surface area (Å²) in [6, 6.07) is 11.5. The van der Waals surface area contributed by atoms with Gasteiger partial charge in [-0.2, -0.15) is 39.5 Å². The Morgan fingerprint density at radius 2 is 0.727 bits per heavy atom. The fourth-order valence-electron chi connectivity index (χ4n) is 3.39. The molecule has 0 amide bonds. The van der Waals surface area contributed by atoms with Crippen molar-refractivity contribution in [3.63, 3.8) is 0 Å². The van der Waals surface area contributed by atoms with Crippen molar-refractivity contribution in [2.45, 2.75) is 18.5 Å². The second-order valence-electron chi connectivity index (χ2n) is 6.88. The Morgan fingerprint density at radius 3 is 1.06 bits per heavy atom. The molecule has 0 aliphatic carbocycles. The van der Waals surface area contributed by atoms with Crippen LogP contribution < -0.4 is 0 Å². The molecule has 0 aromatic heterocycles. The summed E-state index contributed by atoms with van der Waals surface area (Å²) in [4.78, 5) is 0. The normalized spacial score (nSPS) is 12.5. The van der Waals surface area contributed by atoms with E-state index in [2.05, 4.69) is 10.2 Å². The summed E-state index contributed by atoms with van der Waals surface area (Å²) in [6.07, 6.45) is -14.9. The molecule has 0 saturated heterocycles. The zero-order valence-corrected chi connectivity index (χ0v) is 17.3. The minimum absolute atomic E-state index is 0.573. The van der Waals surface area contributed by atoms with Crippen LogP contribution in [0.15, 0.2) is 72.8 Å². The number of rotatable bonds is 3. The smallest absolute Gasteiger partial charge is 0.166 e. The topological polar surface area (TPSA) is 0 Å². The lowest BCUT2D eigenvalue weighted by atomic mass is 9.88. The van der Waals surface area contributed by atoms with Gasteiger partial charge in [-0.3, -0.25) is 0 Å². The van der Waals surface area contributed by atoms with E-state index in [1.54, 1.807) is 0 Å². The maximum Gasteiger partial charge on any atom is 0.417 e. The average Bonchev–Trinajstić information content (AvgIpc) is 2.72. The Kier molecular flexibility index (Phi) is 6.52. The lowest BCUT2D eigenvalue weighted by Gasteiger charge is -2.23. The molecule has 0 atom stereocenters. The van der Waals surface area contributed by atoms with Crippen molar-refractivity contribution in [3.8, 4) is 0 Å². The summed E-state index contributed by atoms with van der Waals surface area (Å²) in [6.45, 7) is 0. The molecule has 0 aliphatic rings. The highest BCUT2D eigenvalue weighted by Crippen LogP contribution is 2.45. The zero-order chi connectivity index (χ0) is 24.6. The Hall–Kier alpha value is -3.01. The van der Waals surface area contributed by atoms with E-state index in [1.165, 1.54) is 6.07 Å². The maximum atomic E-state index is 13.8. The molecule has 0 N–H and O–H groups in total. The number of hydrogen-bond acceptors (Lipinski definition) is 0. The highest BCUT2D eigenvalue weighted by atomic mass is 28.1. The van der Waals surface area contributed by atoms with Crippen molar-refractivity contribution < 1.29 is 39.5 Å². The van der Waals surface area contributed by atoms with Crippen molar-refractivity contribution in [2.24, 2.45) is 0 Å². The molecule has 171 valence electrons. The van der Waals surface area contributed by atoms with Crippen molar-refractivity contribution >= 4 is 21.0 Å². The lowest BCUT2D eigenvalue weighted by molar-refractivity contribution is -0.138. The van der Waals surface area contributed by atoms with E-state index in [4.69, 9.17) is 0 Å². The van der Waals surface area contributed by atoms with Crippen LogP contribution in [0.2, 0.25) is 0 Å². The van der Waals surface area contributed by atoms with Gasteiger partial charge in [0.05, 0.1) is 26.9 Å². The van der Waals surface area contributed by atoms with Crippen LogP contribution in [0.5, 0.6) is 0 Å². The van der Waals surface area contributed by atoms with E-state index in [-0.39, 0.29) is 0 Å². The molecule has 3 radical (unpaired) electrons. The number of alkyl halides is 9. The third-order valence-electron chi connectivity index (χ3n) is 4.76. The molecular weight excluding hydrogens is 475 g/mol. The molecule has 3 aromatic rings. The van der Waals surface area contributed by atoms with Crippen LogP contribution >= 0.6 is 0 Å². The molecule has 0 unspecified atom stereocenters. The molecule has 3 rings (SSSR count). The molecular formula is C23H12F9Si. The Balaban J connectivity index is 2.51. The Morgan fingerprint density at radius 1 is 0.455 bits per heavy atom.